The van der Waals surface area contributed by atoms with Gasteiger partial charge in [-0.2, -0.15) is 0 Å². The molecule has 2 heteroatoms. The number of carbonyl (C=O) groups is 1. The van der Waals surface area contributed by atoms with Crippen LogP contribution >= 0.6 is 0 Å². The number of carbonyl (C=O) groups excluding carboxylic acids is 1. The SMILES string of the molecule is Cc1ccc2c3c1CCCC(C)(C)[C@@]3(O)C(=O)C(C(C)C)=C2. The van der Waals surface area contributed by atoms with Gasteiger partial charge in [0.1, 0.15) is 0 Å². The van der Waals surface area contributed by atoms with Crippen LogP contribution in [0.5, 0.6) is 0 Å². The van der Waals surface area contributed by atoms with Crippen LogP contribution in [0.4, 0.5) is 0 Å². The molecule has 118 valence electrons. The molecule has 3 rings (SSSR count). The first kappa shape index (κ1) is 15.5. The lowest BCUT2D eigenvalue weighted by molar-refractivity contribution is -0.150. The average molecular weight is 298 g/mol. The van der Waals surface area contributed by atoms with Crippen LogP contribution in [0.2, 0.25) is 0 Å². The second kappa shape index (κ2) is 4.79. The molecule has 1 N–H and O–H groups in total. The van der Waals surface area contributed by atoms with Gasteiger partial charge in [0.05, 0.1) is 0 Å². The van der Waals surface area contributed by atoms with Gasteiger partial charge in [-0.05, 0) is 54.9 Å². The summed E-state index contributed by atoms with van der Waals surface area (Å²) in [6.45, 7) is 10.2. The Kier molecular flexibility index (Phi) is 3.37. The number of Topliss-reactive ketones (excluding diaryl/α,β-unsaturated/α-hetero) is 1. The molecule has 0 amide bonds. The largest absolute Gasteiger partial charge is 0.376 e. The van der Waals surface area contributed by atoms with Gasteiger partial charge in [-0.25, -0.2) is 0 Å². The predicted molar refractivity (Wildman–Crippen MR) is 89.6 cm³/mol. The van der Waals surface area contributed by atoms with Crippen LogP contribution in [0.1, 0.15) is 62.8 Å². The standard InChI is InChI=1S/C20H26O2/c1-12(2)16-11-14-9-8-13(3)15-7-6-10-19(4,5)20(22,17(14)15)18(16)21/h8-9,11-12,22H,6-7,10H2,1-5H3/t20-/m0/s1. The van der Waals surface area contributed by atoms with Gasteiger partial charge in [-0.1, -0.05) is 39.8 Å². The van der Waals surface area contributed by atoms with Crippen molar-refractivity contribution in [2.24, 2.45) is 11.3 Å². The summed E-state index contributed by atoms with van der Waals surface area (Å²) in [5.74, 6) is 0.0298. The normalized spacial score (nSPS) is 26.5. The fourth-order valence-corrected chi connectivity index (χ4v) is 4.16. The molecule has 2 aliphatic rings. The van der Waals surface area contributed by atoms with Crippen LogP contribution in [0.25, 0.3) is 6.08 Å². The molecule has 1 aromatic carbocycles. The van der Waals surface area contributed by atoms with Crippen molar-refractivity contribution < 1.29 is 9.90 Å². The zero-order chi connectivity index (χ0) is 16.3. The summed E-state index contributed by atoms with van der Waals surface area (Å²) >= 11 is 0. The minimum atomic E-state index is -1.39. The van der Waals surface area contributed by atoms with Crippen molar-refractivity contribution in [3.05, 3.63) is 40.0 Å². The van der Waals surface area contributed by atoms with Gasteiger partial charge < -0.3 is 5.11 Å². The molecule has 0 saturated heterocycles. The lowest BCUT2D eigenvalue weighted by atomic mass is 9.61. The highest BCUT2D eigenvalue weighted by molar-refractivity contribution is 6.09. The summed E-state index contributed by atoms with van der Waals surface area (Å²) < 4.78 is 0. The summed E-state index contributed by atoms with van der Waals surface area (Å²) in [6.07, 6.45) is 4.81. The molecule has 1 atom stereocenters. The van der Waals surface area contributed by atoms with E-state index in [2.05, 4.69) is 19.1 Å². The lowest BCUT2D eigenvalue weighted by Gasteiger charge is -2.45. The maximum absolute atomic E-state index is 13.2. The Hall–Kier alpha value is -1.41. The van der Waals surface area contributed by atoms with Crippen molar-refractivity contribution in [3.8, 4) is 0 Å². The average Bonchev–Trinajstić information content (AvgIpc) is 2.54. The number of rotatable bonds is 1. The number of hydrogen-bond donors (Lipinski definition) is 1. The maximum Gasteiger partial charge on any atom is 0.195 e. The van der Waals surface area contributed by atoms with Crippen LogP contribution in [-0.4, -0.2) is 10.9 Å². The molecule has 22 heavy (non-hydrogen) atoms. The zero-order valence-electron chi connectivity index (χ0n) is 14.3. The highest BCUT2D eigenvalue weighted by Gasteiger charge is 2.55. The van der Waals surface area contributed by atoms with E-state index in [1.165, 1.54) is 11.1 Å². The summed E-state index contributed by atoms with van der Waals surface area (Å²) in [4.78, 5) is 13.2. The minimum Gasteiger partial charge on any atom is -0.376 e. The quantitative estimate of drug-likeness (QED) is 0.845. The van der Waals surface area contributed by atoms with Gasteiger partial charge >= 0.3 is 0 Å². The molecule has 0 saturated carbocycles. The Balaban J connectivity index is 2.41. The first-order chi connectivity index (χ1) is 10.2. The molecule has 0 radical (unpaired) electrons. The summed E-state index contributed by atoms with van der Waals surface area (Å²) in [5.41, 5.74) is 3.17. The Morgan fingerprint density at radius 3 is 2.55 bits per heavy atom. The fourth-order valence-electron chi connectivity index (χ4n) is 4.16. The number of ketones is 1. The van der Waals surface area contributed by atoms with E-state index in [1.54, 1.807) is 0 Å². The van der Waals surface area contributed by atoms with Crippen LogP contribution < -0.4 is 0 Å². The third kappa shape index (κ3) is 1.86. The molecule has 0 spiro atoms. The van der Waals surface area contributed by atoms with E-state index in [1.807, 2.05) is 33.8 Å². The Labute approximate surface area is 133 Å². The third-order valence-electron chi connectivity index (χ3n) is 5.67. The van der Waals surface area contributed by atoms with Gasteiger partial charge in [0.2, 0.25) is 0 Å². The fraction of sp³-hybridized carbons (Fsp3) is 0.550. The van der Waals surface area contributed by atoms with E-state index in [0.29, 0.717) is 0 Å². The Morgan fingerprint density at radius 1 is 1.23 bits per heavy atom. The molecule has 0 bridgehead atoms. The highest BCUT2D eigenvalue weighted by Crippen LogP contribution is 2.53. The van der Waals surface area contributed by atoms with Crippen molar-refractivity contribution in [2.45, 2.75) is 59.5 Å². The van der Waals surface area contributed by atoms with Crippen LogP contribution in [0.15, 0.2) is 17.7 Å². The second-order valence-electron chi connectivity index (χ2n) is 7.86. The number of aliphatic hydroxyl groups is 1. The summed E-state index contributed by atoms with van der Waals surface area (Å²) in [6, 6.07) is 4.19. The molecular weight excluding hydrogens is 272 g/mol. The van der Waals surface area contributed by atoms with Gasteiger partial charge in [0, 0.05) is 16.6 Å². The summed E-state index contributed by atoms with van der Waals surface area (Å²) in [7, 11) is 0. The number of benzene rings is 1. The van der Waals surface area contributed by atoms with Gasteiger partial charge in [0.15, 0.2) is 11.4 Å². The van der Waals surface area contributed by atoms with E-state index in [9.17, 15) is 9.90 Å². The van der Waals surface area contributed by atoms with Crippen molar-refractivity contribution in [1.29, 1.82) is 0 Å². The van der Waals surface area contributed by atoms with E-state index in [0.717, 1.165) is 36.0 Å². The first-order valence-electron chi connectivity index (χ1n) is 8.32. The molecule has 0 unspecified atom stereocenters. The maximum atomic E-state index is 13.2. The molecule has 1 aromatic rings. The van der Waals surface area contributed by atoms with Crippen molar-refractivity contribution >= 4 is 11.9 Å². The third-order valence-corrected chi connectivity index (χ3v) is 5.67. The van der Waals surface area contributed by atoms with Gasteiger partial charge in [0.25, 0.3) is 0 Å². The van der Waals surface area contributed by atoms with Crippen LogP contribution in [-0.2, 0) is 16.8 Å². The molecule has 2 aliphatic carbocycles. The topological polar surface area (TPSA) is 37.3 Å². The minimum absolute atomic E-state index is 0.0891. The van der Waals surface area contributed by atoms with E-state index in [4.69, 9.17) is 0 Å². The summed E-state index contributed by atoms with van der Waals surface area (Å²) in [5, 5.41) is 11.7. The second-order valence-corrected chi connectivity index (χ2v) is 7.86. The molecule has 0 aromatic heterocycles. The Morgan fingerprint density at radius 2 is 1.91 bits per heavy atom. The molecule has 0 aliphatic heterocycles. The van der Waals surface area contributed by atoms with E-state index < -0.39 is 11.0 Å². The predicted octanol–water partition coefficient (Wildman–Crippen LogP) is 4.17. The van der Waals surface area contributed by atoms with Gasteiger partial charge in [-0.3, -0.25) is 4.79 Å². The van der Waals surface area contributed by atoms with Crippen molar-refractivity contribution in [1.82, 2.24) is 0 Å². The van der Waals surface area contributed by atoms with Crippen LogP contribution in [0.3, 0.4) is 0 Å². The number of aryl methyl sites for hydroxylation is 1. The lowest BCUT2D eigenvalue weighted by Crippen LogP contribution is -2.51. The highest BCUT2D eigenvalue weighted by atomic mass is 16.3. The van der Waals surface area contributed by atoms with Crippen LogP contribution in [0, 0.1) is 18.3 Å². The van der Waals surface area contributed by atoms with E-state index in [-0.39, 0.29) is 11.7 Å². The smallest absolute Gasteiger partial charge is 0.195 e. The van der Waals surface area contributed by atoms with Crippen molar-refractivity contribution in [2.75, 3.05) is 0 Å². The zero-order valence-corrected chi connectivity index (χ0v) is 14.3. The molecule has 0 fully saturated rings. The monoisotopic (exact) mass is 298 g/mol. The molecule has 2 nitrogen and oxygen atoms in total. The first-order valence-corrected chi connectivity index (χ1v) is 8.32. The number of hydrogen-bond acceptors (Lipinski definition) is 2. The Bertz CT molecular complexity index is 679. The van der Waals surface area contributed by atoms with Gasteiger partial charge in [-0.15, -0.1) is 0 Å². The van der Waals surface area contributed by atoms with Crippen molar-refractivity contribution in [3.63, 3.8) is 0 Å². The molecule has 0 heterocycles. The van der Waals surface area contributed by atoms with E-state index >= 15 is 0 Å². The molecular formula is C20H26O2.